The zero-order valence-electron chi connectivity index (χ0n) is 8.83. The summed E-state index contributed by atoms with van der Waals surface area (Å²) >= 11 is 0. The number of nitrogens with zero attached hydrogens (tertiary/aromatic N) is 1. The maximum Gasteiger partial charge on any atom is 0.0468 e. The van der Waals surface area contributed by atoms with Crippen LogP contribution in [0.4, 0.5) is 0 Å². The second-order valence-electron chi connectivity index (χ2n) is 3.68. The van der Waals surface area contributed by atoms with Gasteiger partial charge in [-0.25, -0.2) is 0 Å². The van der Waals surface area contributed by atoms with Gasteiger partial charge in [0.15, 0.2) is 0 Å². The molecule has 0 aliphatic heterocycles. The SMILES string of the molecule is CC[C@H](C)/N=C(\C)C1C=CC=CC1. The van der Waals surface area contributed by atoms with Gasteiger partial charge in [0.1, 0.15) is 0 Å². The molecule has 0 saturated heterocycles. The van der Waals surface area contributed by atoms with Crippen LogP contribution in [-0.4, -0.2) is 11.8 Å². The van der Waals surface area contributed by atoms with Gasteiger partial charge < -0.3 is 0 Å². The summed E-state index contributed by atoms with van der Waals surface area (Å²) in [6.07, 6.45) is 10.9. The van der Waals surface area contributed by atoms with Crippen LogP contribution in [0.25, 0.3) is 0 Å². The summed E-state index contributed by atoms with van der Waals surface area (Å²) in [7, 11) is 0. The Morgan fingerprint density at radius 2 is 2.31 bits per heavy atom. The molecule has 1 heteroatoms. The van der Waals surface area contributed by atoms with Gasteiger partial charge in [0.2, 0.25) is 0 Å². The summed E-state index contributed by atoms with van der Waals surface area (Å²) < 4.78 is 0. The van der Waals surface area contributed by atoms with E-state index in [0.29, 0.717) is 12.0 Å². The van der Waals surface area contributed by atoms with Gasteiger partial charge in [-0.05, 0) is 26.7 Å². The standard InChI is InChI=1S/C12H19N/c1-4-10(2)13-11(3)12-8-6-5-7-9-12/h5-8,10,12H,4,9H2,1-3H3/b13-11+/t10-,12?/m0/s1. The van der Waals surface area contributed by atoms with Crippen molar-refractivity contribution in [3.63, 3.8) is 0 Å². The van der Waals surface area contributed by atoms with Crippen molar-refractivity contribution in [3.05, 3.63) is 24.3 Å². The van der Waals surface area contributed by atoms with Crippen molar-refractivity contribution in [1.29, 1.82) is 0 Å². The van der Waals surface area contributed by atoms with E-state index in [1.165, 1.54) is 5.71 Å². The molecule has 0 aromatic heterocycles. The largest absolute Gasteiger partial charge is 0.291 e. The monoisotopic (exact) mass is 177 g/mol. The number of hydrogen-bond acceptors (Lipinski definition) is 1. The summed E-state index contributed by atoms with van der Waals surface area (Å²) in [5, 5.41) is 0. The molecule has 1 aliphatic rings. The van der Waals surface area contributed by atoms with Crippen LogP contribution in [0.5, 0.6) is 0 Å². The molecule has 0 bridgehead atoms. The lowest BCUT2D eigenvalue weighted by atomic mass is 9.96. The Kier molecular flexibility index (Phi) is 3.94. The van der Waals surface area contributed by atoms with E-state index in [0.717, 1.165) is 12.8 Å². The quantitative estimate of drug-likeness (QED) is 0.586. The van der Waals surface area contributed by atoms with E-state index in [1.807, 2.05) is 0 Å². The highest BCUT2D eigenvalue weighted by Gasteiger charge is 2.09. The molecule has 72 valence electrons. The van der Waals surface area contributed by atoms with Crippen LogP contribution in [0.2, 0.25) is 0 Å². The van der Waals surface area contributed by atoms with Crippen molar-refractivity contribution in [3.8, 4) is 0 Å². The van der Waals surface area contributed by atoms with E-state index in [9.17, 15) is 0 Å². The minimum absolute atomic E-state index is 0.472. The van der Waals surface area contributed by atoms with Gasteiger partial charge >= 0.3 is 0 Å². The topological polar surface area (TPSA) is 12.4 Å². The molecule has 0 fully saturated rings. The molecule has 0 aromatic carbocycles. The predicted octanol–water partition coefficient (Wildman–Crippen LogP) is 3.38. The summed E-state index contributed by atoms with van der Waals surface area (Å²) in [6.45, 7) is 6.49. The summed E-state index contributed by atoms with van der Waals surface area (Å²) in [5.74, 6) is 0.541. The minimum atomic E-state index is 0.472. The van der Waals surface area contributed by atoms with Gasteiger partial charge in [-0.15, -0.1) is 0 Å². The maximum atomic E-state index is 4.65. The molecule has 0 spiro atoms. The predicted molar refractivity (Wildman–Crippen MR) is 59.2 cm³/mol. The van der Waals surface area contributed by atoms with Crippen molar-refractivity contribution in [2.45, 2.75) is 39.7 Å². The number of hydrogen-bond donors (Lipinski definition) is 0. The molecule has 1 rings (SSSR count). The molecule has 0 aromatic rings. The van der Waals surface area contributed by atoms with Gasteiger partial charge in [0.05, 0.1) is 0 Å². The van der Waals surface area contributed by atoms with E-state index in [-0.39, 0.29) is 0 Å². The molecule has 0 saturated carbocycles. The van der Waals surface area contributed by atoms with Crippen LogP contribution in [0.3, 0.4) is 0 Å². The number of allylic oxidation sites excluding steroid dienone is 4. The lowest BCUT2D eigenvalue weighted by Crippen LogP contribution is -2.12. The van der Waals surface area contributed by atoms with E-state index in [2.05, 4.69) is 50.1 Å². The van der Waals surface area contributed by atoms with E-state index in [4.69, 9.17) is 0 Å². The first-order valence-electron chi connectivity index (χ1n) is 5.11. The molecule has 1 unspecified atom stereocenters. The second kappa shape index (κ2) is 5.00. The fourth-order valence-corrected chi connectivity index (χ4v) is 1.43. The van der Waals surface area contributed by atoms with Crippen molar-refractivity contribution in [2.24, 2.45) is 10.9 Å². The third-order valence-electron chi connectivity index (χ3n) is 2.53. The lowest BCUT2D eigenvalue weighted by Gasteiger charge is -2.14. The van der Waals surface area contributed by atoms with Crippen LogP contribution >= 0.6 is 0 Å². The highest BCUT2D eigenvalue weighted by molar-refractivity contribution is 5.86. The highest BCUT2D eigenvalue weighted by atomic mass is 14.8. The smallest absolute Gasteiger partial charge is 0.0468 e. The van der Waals surface area contributed by atoms with Gasteiger partial charge in [-0.3, -0.25) is 4.99 Å². The maximum absolute atomic E-state index is 4.65. The van der Waals surface area contributed by atoms with Crippen LogP contribution in [0.15, 0.2) is 29.3 Å². The normalized spacial score (nSPS) is 24.8. The Balaban J connectivity index is 2.56. The first kappa shape index (κ1) is 10.2. The minimum Gasteiger partial charge on any atom is -0.291 e. The van der Waals surface area contributed by atoms with Crippen LogP contribution < -0.4 is 0 Å². The highest BCUT2D eigenvalue weighted by Crippen LogP contribution is 2.14. The molecule has 13 heavy (non-hydrogen) atoms. The summed E-state index contributed by atoms with van der Waals surface area (Å²) in [6, 6.07) is 0.472. The first-order valence-corrected chi connectivity index (χ1v) is 5.11. The van der Waals surface area contributed by atoms with Crippen LogP contribution in [-0.2, 0) is 0 Å². The fraction of sp³-hybridized carbons (Fsp3) is 0.583. The Bertz CT molecular complexity index is 236. The molecular formula is C12H19N. The Morgan fingerprint density at radius 3 is 2.85 bits per heavy atom. The molecule has 1 nitrogen and oxygen atoms in total. The molecule has 2 atom stereocenters. The van der Waals surface area contributed by atoms with Gasteiger partial charge in [-0.2, -0.15) is 0 Å². The van der Waals surface area contributed by atoms with Crippen molar-refractivity contribution < 1.29 is 0 Å². The number of aliphatic imine (C=N–C) groups is 1. The molecule has 0 amide bonds. The third-order valence-corrected chi connectivity index (χ3v) is 2.53. The van der Waals surface area contributed by atoms with Crippen molar-refractivity contribution in [1.82, 2.24) is 0 Å². The second-order valence-corrected chi connectivity index (χ2v) is 3.68. The van der Waals surface area contributed by atoms with Gasteiger partial charge in [0, 0.05) is 17.7 Å². The average molecular weight is 177 g/mol. The van der Waals surface area contributed by atoms with Crippen LogP contribution in [0, 0.1) is 5.92 Å². The average Bonchev–Trinajstić information content (AvgIpc) is 2.19. The molecule has 0 N–H and O–H groups in total. The zero-order chi connectivity index (χ0) is 9.68. The Labute approximate surface area is 81.3 Å². The summed E-state index contributed by atoms with van der Waals surface area (Å²) in [4.78, 5) is 4.65. The summed E-state index contributed by atoms with van der Waals surface area (Å²) in [5.41, 5.74) is 1.27. The first-order chi connectivity index (χ1) is 6.24. The lowest BCUT2D eigenvalue weighted by molar-refractivity contribution is 0.704. The van der Waals surface area contributed by atoms with Crippen molar-refractivity contribution in [2.75, 3.05) is 0 Å². The molecule has 0 heterocycles. The van der Waals surface area contributed by atoms with E-state index in [1.54, 1.807) is 0 Å². The van der Waals surface area contributed by atoms with Crippen LogP contribution in [0.1, 0.15) is 33.6 Å². The van der Waals surface area contributed by atoms with Gasteiger partial charge in [0.25, 0.3) is 0 Å². The molecular weight excluding hydrogens is 158 g/mol. The zero-order valence-corrected chi connectivity index (χ0v) is 8.83. The van der Waals surface area contributed by atoms with Gasteiger partial charge in [-0.1, -0.05) is 31.2 Å². The van der Waals surface area contributed by atoms with Crippen molar-refractivity contribution >= 4 is 5.71 Å². The number of rotatable bonds is 3. The Morgan fingerprint density at radius 1 is 1.54 bits per heavy atom. The molecule has 0 radical (unpaired) electrons. The van der Waals surface area contributed by atoms with E-state index < -0.39 is 0 Å². The van der Waals surface area contributed by atoms with E-state index >= 15 is 0 Å². The third kappa shape index (κ3) is 3.17. The molecule has 1 aliphatic carbocycles. The Hall–Kier alpha value is -0.850. The fourth-order valence-electron chi connectivity index (χ4n) is 1.43.